The van der Waals surface area contributed by atoms with E-state index in [0.717, 1.165) is 0 Å². The van der Waals surface area contributed by atoms with Crippen molar-refractivity contribution in [2.75, 3.05) is 0 Å². The van der Waals surface area contributed by atoms with Gasteiger partial charge in [0, 0.05) is 0 Å². The Bertz CT molecular complexity index is 18.3. The van der Waals surface area contributed by atoms with E-state index in [1.807, 2.05) is 6.92 Å². The molecule has 0 rings (SSSR count). The van der Waals surface area contributed by atoms with E-state index in [0.29, 0.717) is 0 Å². The van der Waals surface area contributed by atoms with Crippen LogP contribution in [0.3, 0.4) is 0 Å². The molecule has 0 aliphatic heterocycles. The van der Waals surface area contributed by atoms with Crippen molar-refractivity contribution < 1.29 is 52.8 Å². The van der Waals surface area contributed by atoms with Crippen molar-refractivity contribution in [3.05, 3.63) is 12.7 Å². The average molecular weight is 112 g/mol. The van der Waals surface area contributed by atoms with Gasteiger partial charge in [0.1, 0.15) is 0 Å². The summed E-state index contributed by atoms with van der Waals surface area (Å²) in [6.45, 7) is 5.25. The second-order valence-electron chi connectivity index (χ2n) is 0.408. The third kappa shape index (κ3) is 24.8. The van der Waals surface area contributed by atoms with Crippen LogP contribution in [0.4, 0.5) is 0 Å². The van der Waals surface area contributed by atoms with Crippen LogP contribution in [0.1, 0.15) is 8.35 Å². The van der Waals surface area contributed by atoms with Gasteiger partial charge in [0.2, 0.25) is 0 Å². The minimum absolute atomic E-state index is 0. The molecule has 26 valence electrons. The van der Waals surface area contributed by atoms with Crippen LogP contribution in [0.5, 0.6) is 0 Å². The van der Waals surface area contributed by atoms with E-state index in [2.05, 4.69) is 6.58 Å². The Kier molecular flexibility index (Phi) is 53.1. The minimum Gasteiger partial charge on any atom is -1.00 e. The van der Waals surface area contributed by atoms with Crippen LogP contribution in [0.25, 0.3) is 0 Å². The maximum Gasteiger partial charge on any atom is 1.00 e. The monoisotopic (exact) mass is 112 g/mol. The molecule has 5 heavy (non-hydrogen) atoms. The molecule has 0 aliphatic carbocycles. The van der Waals surface area contributed by atoms with E-state index in [9.17, 15) is 0 Å². The Morgan fingerprint density at radius 3 is 1.80 bits per heavy atom. The fourth-order valence-corrected chi connectivity index (χ4v) is 0. The zero-order valence-corrected chi connectivity index (χ0v) is 6.41. The average Bonchev–Trinajstić information content (AvgIpc) is 0.918. The SMILES string of the molecule is C=CC.[AlH3].[H-].[K+]. The summed E-state index contributed by atoms with van der Waals surface area (Å²) in [5.74, 6) is 0. The molecule has 0 N–H and O–H groups in total. The van der Waals surface area contributed by atoms with Gasteiger partial charge in [-0.25, -0.2) is 0 Å². The molecule has 0 heterocycles. The van der Waals surface area contributed by atoms with Gasteiger partial charge >= 0.3 is 51.4 Å². The van der Waals surface area contributed by atoms with E-state index in [4.69, 9.17) is 0 Å². The van der Waals surface area contributed by atoms with Crippen LogP contribution in [0.2, 0.25) is 0 Å². The summed E-state index contributed by atoms with van der Waals surface area (Å²) in [7, 11) is 0. The van der Waals surface area contributed by atoms with Crippen LogP contribution < -0.4 is 51.4 Å². The van der Waals surface area contributed by atoms with Crippen LogP contribution in [-0.4, -0.2) is 17.4 Å². The van der Waals surface area contributed by atoms with Gasteiger partial charge in [0.25, 0.3) is 0 Å². The molecule has 0 nitrogen and oxygen atoms in total. The fraction of sp³-hybridized carbons (Fsp3) is 0.333. The molecule has 0 saturated carbocycles. The molecule has 0 radical (unpaired) electrons. The van der Waals surface area contributed by atoms with Crippen molar-refractivity contribution in [3.8, 4) is 0 Å². The summed E-state index contributed by atoms with van der Waals surface area (Å²) in [4.78, 5) is 0. The second-order valence-corrected chi connectivity index (χ2v) is 0.408. The molecule has 0 fully saturated rings. The van der Waals surface area contributed by atoms with Crippen LogP contribution in [-0.2, 0) is 0 Å². The second kappa shape index (κ2) is 16.8. The van der Waals surface area contributed by atoms with Crippen molar-refractivity contribution in [2.45, 2.75) is 6.92 Å². The third-order valence-electron chi connectivity index (χ3n) is 0. The van der Waals surface area contributed by atoms with E-state index in [1.165, 1.54) is 0 Å². The molecule has 0 aromatic carbocycles. The molecular weight excluding hydrogens is 102 g/mol. The summed E-state index contributed by atoms with van der Waals surface area (Å²) < 4.78 is 0. The molecule has 0 atom stereocenters. The predicted molar refractivity (Wildman–Crippen MR) is 26.9 cm³/mol. The first kappa shape index (κ1) is 15.8. The van der Waals surface area contributed by atoms with Gasteiger partial charge in [0.15, 0.2) is 17.4 Å². The van der Waals surface area contributed by atoms with E-state index >= 15 is 0 Å². The van der Waals surface area contributed by atoms with E-state index in [-0.39, 0.29) is 70.2 Å². The Morgan fingerprint density at radius 2 is 1.80 bits per heavy atom. The molecule has 2 heteroatoms. The smallest absolute Gasteiger partial charge is 1.00 e. The van der Waals surface area contributed by atoms with Gasteiger partial charge in [-0.05, 0) is 6.92 Å². The van der Waals surface area contributed by atoms with Crippen LogP contribution in [0.15, 0.2) is 12.7 Å². The number of hydrogen-bond acceptors (Lipinski definition) is 0. The summed E-state index contributed by atoms with van der Waals surface area (Å²) in [5.41, 5.74) is 0. The Balaban J connectivity index is -0.00000000667. The molecule has 0 aromatic heterocycles. The Morgan fingerprint density at radius 1 is 1.80 bits per heavy atom. The maximum atomic E-state index is 3.36. The first-order chi connectivity index (χ1) is 1.41. The van der Waals surface area contributed by atoms with Crippen molar-refractivity contribution in [3.63, 3.8) is 0 Å². The standard InChI is InChI=1S/C3H6.Al.K.4H/c1-3-2;;;;;;/h3H,1H2,2H3;;;;;;/q;;+1;;;;-1. The van der Waals surface area contributed by atoms with Gasteiger partial charge in [-0.15, -0.1) is 6.58 Å². The first-order valence-corrected chi connectivity index (χ1v) is 0.986. The first-order valence-electron chi connectivity index (χ1n) is 0.986. The molecular formula is C3H10AlK. The summed E-state index contributed by atoms with van der Waals surface area (Å²) >= 11 is 0. The van der Waals surface area contributed by atoms with Crippen molar-refractivity contribution in [1.29, 1.82) is 0 Å². The van der Waals surface area contributed by atoms with Crippen molar-refractivity contribution >= 4 is 17.4 Å². The largest absolute Gasteiger partial charge is 1.00 e. The molecule has 0 unspecified atom stereocenters. The molecule has 0 bridgehead atoms. The summed E-state index contributed by atoms with van der Waals surface area (Å²) in [6, 6.07) is 0. The number of rotatable bonds is 0. The van der Waals surface area contributed by atoms with Crippen LogP contribution in [0, 0.1) is 0 Å². The van der Waals surface area contributed by atoms with Gasteiger partial charge in [-0.1, -0.05) is 6.08 Å². The van der Waals surface area contributed by atoms with Crippen LogP contribution >= 0.6 is 0 Å². The number of hydrogen-bond donors (Lipinski definition) is 0. The predicted octanol–water partition coefficient (Wildman–Crippen LogP) is -2.88. The zero-order valence-electron chi connectivity index (χ0n) is 4.28. The zero-order chi connectivity index (χ0) is 2.71. The molecule has 0 saturated heterocycles. The summed E-state index contributed by atoms with van der Waals surface area (Å²) in [5, 5.41) is 0. The van der Waals surface area contributed by atoms with Gasteiger partial charge in [-0.3, -0.25) is 0 Å². The van der Waals surface area contributed by atoms with Gasteiger partial charge < -0.3 is 1.43 Å². The van der Waals surface area contributed by atoms with E-state index in [1.54, 1.807) is 6.08 Å². The Hall–Kier alpha value is 1.91. The third-order valence-corrected chi connectivity index (χ3v) is 0. The topological polar surface area (TPSA) is 0 Å². The van der Waals surface area contributed by atoms with Gasteiger partial charge in [-0.2, -0.15) is 0 Å². The quantitative estimate of drug-likeness (QED) is 0.233. The summed E-state index contributed by atoms with van der Waals surface area (Å²) in [6.07, 6.45) is 1.75. The molecule has 0 aromatic rings. The number of allylic oxidation sites excluding steroid dienone is 1. The van der Waals surface area contributed by atoms with E-state index < -0.39 is 0 Å². The maximum absolute atomic E-state index is 3.36. The van der Waals surface area contributed by atoms with Crippen molar-refractivity contribution in [1.82, 2.24) is 0 Å². The Labute approximate surface area is 88.1 Å². The van der Waals surface area contributed by atoms with Gasteiger partial charge in [0.05, 0.1) is 0 Å². The molecule has 0 amide bonds. The minimum atomic E-state index is 0. The molecule has 0 spiro atoms. The normalized spacial score (nSPS) is 2.60. The van der Waals surface area contributed by atoms with Crippen molar-refractivity contribution in [2.24, 2.45) is 0 Å². The fourth-order valence-electron chi connectivity index (χ4n) is 0. The molecule has 0 aliphatic rings.